The van der Waals surface area contributed by atoms with Gasteiger partial charge in [-0.2, -0.15) is 0 Å². The Labute approximate surface area is 120 Å². The summed E-state index contributed by atoms with van der Waals surface area (Å²) in [6, 6.07) is 9.83. The fraction of sp³-hybridized carbons (Fsp3) is 0.467. The molecule has 1 unspecified atom stereocenters. The topological polar surface area (TPSA) is 76.7 Å². The van der Waals surface area contributed by atoms with Crippen LogP contribution >= 0.6 is 0 Å². The Morgan fingerprint density at radius 3 is 2.55 bits per heavy atom. The molecule has 0 spiro atoms. The van der Waals surface area contributed by atoms with Gasteiger partial charge < -0.3 is 15.9 Å². The van der Waals surface area contributed by atoms with Crippen LogP contribution in [0.2, 0.25) is 0 Å². The van der Waals surface area contributed by atoms with Crippen LogP contribution < -0.4 is 11.1 Å². The van der Waals surface area contributed by atoms with Gasteiger partial charge in [0.05, 0.1) is 0 Å². The summed E-state index contributed by atoms with van der Waals surface area (Å²) >= 11 is 0. The van der Waals surface area contributed by atoms with Crippen molar-refractivity contribution in [2.45, 2.75) is 33.2 Å². The number of nitrogens with zero attached hydrogens (tertiary/aromatic N) is 1. The summed E-state index contributed by atoms with van der Waals surface area (Å²) in [5, 5.41) is 6.57. The fourth-order valence-corrected chi connectivity index (χ4v) is 1.47. The number of nitrogens with one attached hydrogen (secondary N) is 1. The maximum Gasteiger partial charge on any atom is 0.260 e. The molecule has 0 aromatic heterocycles. The molecule has 110 valence electrons. The normalized spacial score (nSPS) is 13.1. The summed E-state index contributed by atoms with van der Waals surface area (Å²) in [5.41, 5.74) is 6.79. The second kappa shape index (κ2) is 8.19. The third kappa shape index (κ3) is 6.22. The number of hydrogen-bond donors (Lipinski definition) is 2. The summed E-state index contributed by atoms with van der Waals surface area (Å²) in [4.78, 5) is 16.5. The van der Waals surface area contributed by atoms with Gasteiger partial charge in [0.1, 0.15) is 5.84 Å². The van der Waals surface area contributed by atoms with E-state index in [-0.39, 0.29) is 18.6 Å². The lowest BCUT2D eigenvalue weighted by Crippen LogP contribution is -2.38. The molecule has 3 N–H and O–H groups in total. The standard InChI is InChI=1S/C15H23N3O2/c1-11(2)12(3)17-15(19)10-20-18-14(16)9-13-7-5-4-6-8-13/h4-8,11-12H,9-10H2,1-3H3,(H2,16,18)(H,17,19). The number of nitrogens with two attached hydrogens (primary N) is 1. The number of rotatable bonds is 7. The molecule has 0 aliphatic heterocycles. The summed E-state index contributed by atoms with van der Waals surface area (Å²) in [5.74, 6) is 0.536. The van der Waals surface area contributed by atoms with Gasteiger partial charge in [-0.15, -0.1) is 0 Å². The minimum absolute atomic E-state index is 0.108. The van der Waals surface area contributed by atoms with Crippen molar-refractivity contribution in [3.63, 3.8) is 0 Å². The van der Waals surface area contributed by atoms with Gasteiger partial charge in [0.15, 0.2) is 6.61 Å². The van der Waals surface area contributed by atoms with Crippen molar-refractivity contribution in [2.75, 3.05) is 6.61 Å². The number of oxime groups is 1. The summed E-state index contributed by atoms with van der Waals surface area (Å²) in [7, 11) is 0. The molecule has 0 aliphatic carbocycles. The smallest absolute Gasteiger partial charge is 0.260 e. The zero-order valence-electron chi connectivity index (χ0n) is 12.3. The van der Waals surface area contributed by atoms with Crippen LogP contribution in [0.5, 0.6) is 0 Å². The van der Waals surface area contributed by atoms with Gasteiger partial charge in [0.2, 0.25) is 0 Å². The van der Waals surface area contributed by atoms with E-state index in [0.717, 1.165) is 5.56 Å². The van der Waals surface area contributed by atoms with E-state index in [1.165, 1.54) is 0 Å². The van der Waals surface area contributed by atoms with E-state index in [1.54, 1.807) is 0 Å². The molecule has 1 atom stereocenters. The molecule has 0 heterocycles. The number of carbonyl (C=O) groups excluding carboxylic acids is 1. The number of benzene rings is 1. The summed E-state index contributed by atoms with van der Waals surface area (Å²) in [6.45, 7) is 5.92. The van der Waals surface area contributed by atoms with Crippen LogP contribution in [0.4, 0.5) is 0 Å². The predicted octanol–water partition coefficient (Wildman–Crippen LogP) is 1.68. The van der Waals surface area contributed by atoms with Crippen molar-refractivity contribution in [1.82, 2.24) is 5.32 Å². The molecule has 1 amide bonds. The van der Waals surface area contributed by atoms with Crippen LogP contribution in [0.15, 0.2) is 35.5 Å². The van der Waals surface area contributed by atoms with Gasteiger partial charge in [0, 0.05) is 12.5 Å². The minimum Gasteiger partial charge on any atom is -0.384 e. The Morgan fingerprint density at radius 2 is 1.95 bits per heavy atom. The Balaban J connectivity index is 2.31. The van der Waals surface area contributed by atoms with Gasteiger partial charge in [0.25, 0.3) is 5.91 Å². The molecule has 5 heteroatoms. The lowest BCUT2D eigenvalue weighted by molar-refractivity contribution is -0.126. The lowest BCUT2D eigenvalue weighted by Gasteiger charge is -2.16. The van der Waals surface area contributed by atoms with E-state index < -0.39 is 0 Å². The maximum absolute atomic E-state index is 11.6. The molecule has 1 aromatic carbocycles. The van der Waals surface area contributed by atoms with Crippen molar-refractivity contribution in [2.24, 2.45) is 16.8 Å². The van der Waals surface area contributed by atoms with E-state index in [9.17, 15) is 4.79 Å². The summed E-state index contributed by atoms with van der Waals surface area (Å²) in [6.07, 6.45) is 0.505. The Morgan fingerprint density at radius 1 is 1.30 bits per heavy atom. The molecule has 0 aliphatic rings. The van der Waals surface area contributed by atoms with Crippen molar-refractivity contribution >= 4 is 11.7 Å². The van der Waals surface area contributed by atoms with Crippen LogP contribution in [0.1, 0.15) is 26.3 Å². The van der Waals surface area contributed by atoms with E-state index in [2.05, 4.69) is 10.5 Å². The Bertz CT molecular complexity index is 444. The molecule has 0 fully saturated rings. The van der Waals surface area contributed by atoms with Crippen LogP contribution in [0.25, 0.3) is 0 Å². The van der Waals surface area contributed by atoms with Crippen LogP contribution in [0, 0.1) is 5.92 Å². The van der Waals surface area contributed by atoms with Crippen LogP contribution in [0.3, 0.4) is 0 Å². The highest BCUT2D eigenvalue weighted by Gasteiger charge is 2.10. The van der Waals surface area contributed by atoms with Crippen molar-refractivity contribution in [1.29, 1.82) is 0 Å². The number of amidine groups is 1. The molecule has 0 saturated heterocycles. The molecule has 0 saturated carbocycles. The largest absolute Gasteiger partial charge is 0.384 e. The maximum atomic E-state index is 11.6. The SMILES string of the molecule is CC(C)C(C)NC(=O)CON=C(N)Cc1ccccc1. The minimum atomic E-state index is -0.192. The molecule has 5 nitrogen and oxygen atoms in total. The molecule has 0 bridgehead atoms. The average molecular weight is 277 g/mol. The first-order valence-electron chi connectivity index (χ1n) is 6.76. The van der Waals surface area contributed by atoms with Gasteiger partial charge in [-0.25, -0.2) is 0 Å². The zero-order valence-corrected chi connectivity index (χ0v) is 12.3. The first-order valence-corrected chi connectivity index (χ1v) is 6.76. The Kier molecular flexibility index (Phi) is 6.56. The second-order valence-electron chi connectivity index (χ2n) is 5.12. The monoisotopic (exact) mass is 277 g/mol. The highest BCUT2D eigenvalue weighted by atomic mass is 16.6. The van der Waals surface area contributed by atoms with Crippen molar-refractivity contribution in [3.8, 4) is 0 Å². The van der Waals surface area contributed by atoms with Crippen molar-refractivity contribution < 1.29 is 9.63 Å². The van der Waals surface area contributed by atoms with E-state index in [1.807, 2.05) is 51.1 Å². The second-order valence-corrected chi connectivity index (χ2v) is 5.12. The number of hydrogen-bond acceptors (Lipinski definition) is 3. The quantitative estimate of drug-likeness (QED) is 0.452. The zero-order chi connectivity index (χ0) is 15.0. The number of carbonyl (C=O) groups is 1. The molecule has 1 rings (SSSR count). The van der Waals surface area contributed by atoms with E-state index in [4.69, 9.17) is 10.6 Å². The lowest BCUT2D eigenvalue weighted by atomic mass is 10.1. The molecule has 20 heavy (non-hydrogen) atoms. The van der Waals surface area contributed by atoms with Crippen LogP contribution in [-0.4, -0.2) is 24.4 Å². The average Bonchev–Trinajstić information content (AvgIpc) is 2.39. The summed E-state index contributed by atoms with van der Waals surface area (Å²) < 4.78 is 0. The molecule has 1 aromatic rings. The molecular weight excluding hydrogens is 254 g/mol. The third-order valence-corrected chi connectivity index (χ3v) is 2.99. The van der Waals surface area contributed by atoms with Gasteiger partial charge in [-0.05, 0) is 18.4 Å². The highest BCUT2D eigenvalue weighted by Crippen LogP contribution is 2.00. The first kappa shape index (κ1) is 16.0. The van der Waals surface area contributed by atoms with E-state index >= 15 is 0 Å². The predicted molar refractivity (Wildman–Crippen MR) is 80.2 cm³/mol. The number of amides is 1. The van der Waals surface area contributed by atoms with Gasteiger partial charge >= 0.3 is 0 Å². The van der Waals surface area contributed by atoms with Crippen LogP contribution in [-0.2, 0) is 16.1 Å². The third-order valence-electron chi connectivity index (χ3n) is 2.99. The first-order chi connectivity index (χ1) is 9.49. The Hall–Kier alpha value is -2.04. The molecular formula is C15H23N3O2. The molecule has 0 radical (unpaired) electrons. The van der Waals surface area contributed by atoms with Crippen molar-refractivity contribution in [3.05, 3.63) is 35.9 Å². The fourth-order valence-electron chi connectivity index (χ4n) is 1.47. The van der Waals surface area contributed by atoms with Gasteiger partial charge in [-0.3, -0.25) is 4.79 Å². The van der Waals surface area contributed by atoms with E-state index in [0.29, 0.717) is 18.2 Å². The highest BCUT2D eigenvalue weighted by molar-refractivity contribution is 5.82. The van der Waals surface area contributed by atoms with Gasteiger partial charge in [-0.1, -0.05) is 49.3 Å².